The minimum absolute atomic E-state index is 0.00559. The van der Waals surface area contributed by atoms with Crippen molar-refractivity contribution in [2.24, 2.45) is 0 Å². The van der Waals surface area contributed by atoms with Crippen LogP contribution in [0.4, 0.5) is 38.0 Å². The molecule has 3 aromatic heterocycles. The number of alkyl halides is 3. The molecule has 3 heterocycles. The number of aromatic nitrogens is 6. The van der Waals surface area contributed by atoms with E-state index in [0.717, 1.165) is 4.57 Å². The fourth-order valence-electron chi connectivity index (χ4n) is 4.22. The third-order valence-corrected chi connectivity index (χ3v) is 6.55. The van der Waals surface area contributed by atoms with Gasteiger partial charge in [-0.25, -0.2) is 27.3 Å². The maximum atomic E-state index is 14.0. The van der Waals surface area contributed by atoms with Crippen LogP contribution < -0.4 is 22.3 Å². The lowest BCUT2D eigenvalue weighted by Crippen LogP contribution is -2.43. The standard InChI is InChI=1S/C26H18ClF6N7O4/c27-16-9-19-15(11-38(37-19)4-5-44-26(31,32)33)8-20(16)35-23-36-24(42)40(12-14-2-1-3-34-22(14)41)25(43)39(23)10-13-6-17(28)21(30)18(29)7-13/h1-3,6-9,11H,4-5,10,12H2,(H,34,41)(H,35,36,42). The van der Waals surface area contributed by atoms with Gasteiger partial charge in [-0.1, -0.05) is 17.7 Å². The summed E-state index contributed by atoms with van der Waals surface area (Å²) in [7, 11) is 0. The first-order valence-electron chi connectivity index (χ1n) is 12.4. The number of rotatable bonds is 9. The van der Waals surface area contributed by atoms with Crippen molar-refractivity contribution < 1.29 is 31.1 Å². The summed E-state index contributed by atoms with van der Waals surface area (Å²) in [4.78, 5) is 45.0. The predicted molar refractivity (Wildman–Crippen MR) is 144 cm³/mol. The Labute approximate surface area is 245 Å². The van der Waals surface area contributed by atoms with Crippen LogP contribution in [0, 0.1) is 17.5 Å². The second kappa shape index (κ2) is 12.0. The summed E-state index contributed by atoms with van der Waals surface area (Å²) in [6.07, 6.45) is -2.07. The molecule has 0 atom stereocenters. The molecule has 2 aromatic carbocycles. The van der Waals surface area contributed by atoms with Gasteiger partial charge in [-0.05, 0) is 35.9 Å². The molecule has 0 aliphatic carbocycles. The van der Waals surface area contributed by atoms with E-state index in [1.54, 1.807) is 0 Å². The van der Waals surface area contributed by atoms with Crippen LogP contribution in [0.25, 0.3) is 10.9 Å². The van der Waals surface area contributed by atoms with Crippen molar-refractivity contribution in [3.8, 4) is 0 Å². The summed E-state index contributed by atoms with van der Waals surface area (Å²) in [6.45, 7) is -2.06. The first-order valence-corrected chi connectivity index (χ1v) is 12.8. The summed E-state index contributed by atoms with van der Waals surface area (Å²) in [5.41, 5.74) is -2.54. The van der Waals surface area contributed by atoms with Gasteiger partial charge < -0.3 is 10.3 Å². The number of H-pyrrole nitrogens is 1. The molecule has 11 nitrogen and oxygen atoms in total. The third-order valence-electron chi connectivity index (χ3n) is 6.24. The lowest BCUT2D eigenvalue weighted by Gasteiger charge is -2.16. The van der Waals surface area contributed by atoms with Gasteiger partial charge in [0.2, 0.25) is 5.95 Å². The molecular weight excluding hydrogens is 624 g/mol. The quantitative estimate of drug-likeness (QED) is 0.185. The summed E-state index contributed by atoms with van der Waals surface area (Å²) >= 11 is 6.37. The molecule has 230 valence electrons. The van der Waals surface area contributed by atoms with E-state index < -0.39 is 66.4 Å². The summed E-state index contributed by atoms with van der Waals surface area (Å²) < 4.78 is 84.9. The zero-order valence-corrected chi connectivity index (χ0v) is 22.7. The molecule has 0 aliphatic rings. The van der Waals surface area contributed by atoms with E-state index in [9.17, 15) is 40.7 Å². The highest BCUT2D eigenvalue weighted by molar-refractivity contribution is 6.34. The fourth-order valence-corrected chi connectivity index (χ4v) is 4.42. The van der Waals surface area contributed by atoms with Crippen molar-refractivity contribution in [1.82, 2.24) is 28.9 Å². The van der Waals surface area contributed by atoms with Crippen molar-refractivity contribution in [2.45, 2.75) is 26.0 Å². The highest BCUT2D eigenvalue weighted by Crippen LogP contribution is 2.29. The molecule has 2 N–H and O–H groups in total. The molecule has 44 heavy (non-hydrogen) atoms. The Morgan fingerprint density at radius 3 is 2.41 bits per heavy atom. The first kappa shape index (κ1) is 30.6. The maximum Gasteiger partial charge on any atom is 0.522 e. The number of nitrogens with zero attached hydrogens (tertiary/aromatic N) is 5. The van der Waals surface area contributed by atoms with E-state index in [4.69, 9.17) is 11.6 Å². The van der Waals surface area contributed by atoms with Crippen LogP contribution in [0.2, 0.25) is 5.02 Å². The minimum atomic E-state index is -4.81. The zero-order valence-electron chi connectivity index (χ0n) is 22.0. The third kappa shape index (κ3) is 6.68. The highest BCUT2D eigenvalue weighted by Gasteiger charge is 2.28. The van der Waals surface area contributed by atoms with Crippen LogP contribution in [0.1, 0.15) is 11.1 Å². The predicted octanol–water partition coefficient (Wildman–Crippen LogP) is 3.89. The van der Waals surface area contributed by atoms with E-state index in [1.165, 1.54) is 41.3 Å². The Bertz CT molecular complexity index is 2030. The molecule has 5 aromatic rings. The van der Waals surface area contributed by atoms with Crippen LogP contribution >= 0.6 is 11.6 Å². The van der Waals surface area contributed by atoms with Crippen molar-refractivity contribution in [2.75, 3.05) is 11.9 Å². The molecule has 0 aliphatic heterocycles. The molecule has 0 radical (unpaired) electrons. The molecule has 5 rings (SSSR count). The Balaban J connectivity index is 1.55. The molecule has 0 amide bonds. The number of benzene rings is 2. The normalized spacial score (nSPS) is 11.8. The number of fused-ring (bicyclic) bond motifs is 1. The van der Waals surface area contributed by atoms with Gasteiger partial charge in [0, 0.05) is 23.3 Å². The van der Waals surface area contributed by atoms with Crippen molar-refractivity contribution >= 4 is 34.1 Å². The summed E-state index contributed by atoms with van der Waals surface area (Å²) in [6, 6.07) is 6.92. The number of anilines is 2. The monoisotopic (exact) mass is 641 g/mol. The average Bonchev–Trinajstić information content (AvgIpc) is 3.33. The van der Waals surface area contributed by atoms with Gasteiger partial charge >= 0.3 is 17.7 Å². The molecule has 0 unspecified atom stereocenters. The molecule has 0 fully saturated rings. The number of hydrogen-bond acceptors (Lipinski definition) is 7. The lowest BCUT2D eigenvalue weighted by atomic mass is 10.2. The number of hydrogen-bond donors (Lipinski definition) is 2. The van der Waals surface area contributed by atoms with Gasteiger partial charge in [-0.2, -0.15) is 10.1 Å². The summed E-state index contributed by atoms with van der Waals surface area (Å²) in [5, 5.41) is 7.23. The highest BCUT2D eigenvalue weighted by atomic mass is 35.5. The van der Waals surface area contributed by atoms with Gasteiger partial charge in [0.15, 0.2) is 17.5 Å². The molecule has 18 heteroatoms. The number of ether oxygens (including phenoxy) is 1. The lowest BCUT2D eigenvalue weighted by molar-refractivity contribution is -0.325. The van der Waals surface area contributed by atoms with Crippen molar-refractivity contribution in [3.63, 3.8) is 0 Å². The topological polar surface area (TPSA) is 129 Å². The van der Waals surface area contributed by atoms with Crippen LogP contribution in [0.15, 0.2) is 63.2 Å². The molecule has 0 spiro atoms. The van der Waals surface area contributed by atoms with Gasteiger partial charge in [0.25, 0.3) is 5.56 Å². The zero-order chi connectivity index (χ0) is 31.8. The number of pyridine rings is 1. The van der Waals surface area contributed by atoms with Gasteiger partial charge in [-0.15, -0.1) is 13.2 Å². The van der Waals surface area contributed by atoms with Crippen molar-refractivity contribution in [3.05, 3.63) is 114 Å². The number of aromatic amines is 1. The Morgan fingerprint density at radius 1 is 1.00 bits per heavy atom. The largest absolute Gasteiger partial charge is 0.522 e. The van der Waals surface area contributed by atoms with E-state index in [1.807, 2.05) is 0 Å². The van der Waals surface area contributed by atoms with Crippen molar-refractivity contribution in [1.29, 1.82) is 0 Å². The number of halogens is 7. The van der Waals surface area contributed by atoms with Gasteiger partial charge in [0.05, 0.1) is 42.5 Å². The minimum Gasteiger partial charge on any atom is -0.329 e. The first-order chi connectivity index (χ1) is 20.8. The van der Waals surface area contributed by atoms with E-state index in [2.05, 4.69) is 25.1 Å². The Hall–Kier alpha value is -4.90. The molecule has 0 saturated heterocycles. The van der Waals surface area contributed by atoms with E-state index in [-0.39, 0.29) is 28.4 Å². The number of nitrogens with one attached hydrogen (secondary N) is 2. The molecular formula is C26H18ClF6N7O4. The smallest absolute Gasteiger partial charge is 0.329 e. The van der Waals surface area contributed by atoms with Gasteiger partial charge in [-0.3, -0.25) is 18.8 Å². The van der Waals surface area contributed by atoms with Crippen LogP contribution in [0.3, 0.4) is 0 Å². The second-order valence-electron chi connectivity index (χ2n) is 9.27. The summed E-state index contributed by atoms with van der Waals surface area (Å²) in [5.74, 6) is -5.20. The van der Waals surface area contributed by atoms with Crippen LogP contribution in [-0.4, -0.2) is 41.9 Å². The SMILES string of the molecule is O=c1[nH]cccc1Cn1c(=O)nc(Nc2cc3cn(CCOC(F)(F)F)nc3cc2Cl)n(Cc2cc(F)c(F)c(F)c2)c1=O. The Kier molecular flexibility index (Phi) is 8.33. The Morgan fingerprint density at radius 2 is 1.73 bits per heavy atom. The molecule has 0 bridgehead atoms. The van der Waals surface area contributed by atoms with E-state index in [0.29, 0.717) is 27.6 Å². The maximum absolute atomic E-state index is 14.0. The fraction of sp³-hybridized carbons (Fsp3) is 0.192. The van der Waals surface area contributed by atoms with Gasteiger partial charge in [0.1, 0.15) is 0 Å². The average molecular weight is 642 g/mol. The van der Waals surface area contributed by atoms with Crippen LogP contribution in [0.5, 0.6) is 0 Å². The van der Waals surface area contributed by atoms with Crippen LogP contribution in [-0.2, 0) is 24.4 Å². The second-order valence-corrected chi connectivity index (χ2v) is 9.68. The molecule has 0 saturated carbocycles. The van der Waals surface area contributed by atoms with E-state index >= 15 is 0 Å².